The number of hydrogen-bond acceptors (Lipinski definition) is 3. The average Bonchev–Trinajstić information content (AvgIpc) is 2.09. The molecule has 0 heterocycles. The first-order valence-corrected chi connectivity index (χ1v) is 4.23. The van der Waals surface area contributed by atoms with Gasteiger partial charge in [-0.05, 0) is 18.6 Å². The molecule has 1 rings (SSSR count). The maximum Gasteiger partial charge on any atom is 0.310 e. The summed E-state index contributed by atoms with van der Waals surface area (Å²) in [5.41, 5.74) is 7.11. The Morgan fingerprint density at radius 1 is 1.46 bits per heavy atom. The lowest BCUT2D eigenvalue weighted by Crippen LogP contribution is -2.08. The predicted molar refractivity (Wildman–Crippen MR) is 51.2 cm³/mol. The highest BCUT2D eigenvalue weighted by molar-refractivity contribution is 5.74. The van der Waals surface area contributed by atoms with Crippen molar-refractivity contribution >= 4 is 11.7 Å². The lowest BCUT2D eigenvalue weighted by molar-refractivity contribution is -0.142. The summed E-state index contributed by atoms with van der Waals surface area (Å²) >= 11 is 0. The van der Waals surface area contributed by atoms with E-state index in [1.54, 1.807) is 13.0 Å². The Morgan fingerprint density at radius 2 is 2.15 bits per heavy atom. The lowest BCUT2D eigenvalue weighted by atomic mass is 10.2. The zero-order valence-corrected chi connectivity index (χ0v) is 7.62. The van der Waals surface area contributed by atoms with Crippen LogP contribution in [0, 0.1) is 0 Å². The van der Waals surface area contributed by atoms with Crippen molar-refractivity contribution in [2.45, 2.75) is 13.3 Å². The number of para-hydroxylation sites is 1. The molecule has 0 aliphatic heterocycles. The number of ether oxygens (including phenoxy) is 1. The molecule has 0 spiro atoms. The summed E-state index contributed by atoms with van der Waals surface area (Å²) in [6, 6.07) is 7.29. The molecule has 0 aromatic heterocycles. The molecule has 0 unspecified atom stereocenters. The van der Waals surface area contributed by atoms with E-state index in [4.69, 9.17) is 10.5 Å². The molecule has 3 nitrogen and oxygen atoms in total. The summed E-state index contributed by atoms with van der Waals surface area (Å²) < 4.78 is 4.81. The van der Waals surface area contributed by atoms with E-state index in [1.165, 1.54) is 0 Å². The molecule has 70 valence electrons. The van der Waals surface area contributed by atoms with E-state index >= 15 is 0 Å². The van der Waals surface area contributed by atoms with Crippen LogP contribution in [0.15, 0.2) is 24.3 Å². The van der Waals surface area contributed by atoms with E-state index in [-0.39, 0.29) is 12.4 Å². The van der Waals surface area contributed by atoms with Gasteiger partial charge in [0, 0.05) is 5.69 Å². The van der Waals surface area contributed by atoms with E-state index in [1.807, 2.05) is 18.2 Å². The van der Waals surface area contributed by atoms with Crippen molar-refractivity contribution in [2.24, 2.45) is 0 Å². The Labute approximate surface area is 77.5 Å². The molecular weight excluding hydrogens is 168 g/mol. The van der Waals surface area contributed by atoms with Gasteiger partial charge < -0.3 is 10.5 Å². The Morgan fingerprint density at radius 3 is 2.77 bits per heavy atom. The first-order chi connectivity index (χ1) is 6.24. The molecule has 2 N–H and O–H groups in total. The van der Waals surface area contributed by atoms with Gasteiger partial charge in [0.1, 0.15) is 0 Å². The normalized spacial score (nSPS) is 9.62. The van der Waals surface area contributed by atoms with E-state index < -0.39 is 0 Å². The maximum absolute atomic E-state index is 11.1. The number of carbonyl (C=O) groups is 1. The predicted octanol–water partition coefficient (Wildman–Crippen LogP) is 1.37. The van der Waals surface area contributed by atoms with Crippen LogP contribution in [0.4, 0.5) is 5.69 Å². The maximum atomic E-state index is 11.1. The standard InChI is InChI=1S/C10H13NO2/c1-2-13-10(12)7-8-5-3-4-6-9(8)11/h3-6H,2,7,11H2,1H3/i10+2. The SMILES string of the molecule is CCO[14C](=O)Cc1ccccc1N. The largest absolute Gasteiger partial charge is 0.466 e. The molecule has 0 atom stereocenters. The third kappa shape index (κ3) is 2.78. The lowest BCUT2D eigenvalue weighted by Gasteiger charge is -2.04. The topological polar surface area (TPSA) is 52.3 Å². The van der Waals surface area contributed by atoms with Crippen molar-refractivity contribution in [1.82, 2.24) is 0 Å². The van der Waals surface area contributed by atoms with Gasteiger partial charge in [-0.3, -0.25) is 4.79 Å². The second-order valence-electron chi connectivity index (χ2n) is 2.68. The molecule has 0 bridgehead atoms. The molecule has 0 aliphatic carbocycles. The number of nitrogen functional groups attached to an aromatic ring is 1. The van der Waals surface area contributed by atoms with Crippen molar-refractivity contribution in [2.75, 3.05) is 12.3 Å². The van der Waals surface area contributed by atoms with Crippen LogP contribution in [0.25, 0.3) is 0 Å². The molecule has 3 heteroatoms. The van der Waals surface area contributed by atoms with Gasteiger partial charge in [0.2, 0.25) is 0 Å². The van der Waals surface area contributed by atoms with Crippen LogP contribution in [0.2, 0.25) is 0 Å². The Kier molecular flexibility index (Phi) is 3.31. The summed E-state index contributed by atoms with van der Waals surface area (Å²) in [4.78, 5) is 11.1. The molecule has 0 aliphatic rings. The van der Waals surface area contributed by atoms with Crippen molar-refractivity contribution in [3.05, 3.63) is 29.8 Å². The van der Waals surface area contributed by atoms with Crippen molar-refractivity contribution < 1.29 is 9.53 Å². The quantitative estimate of drug-likeness (QED) is 0.566. The number of nitrogens with two attached hydrogens (primary N) is 1. The average molecular weight is 181 g/mol. The van der Waals surface area contributed by atoms with Crippen molar-refractivity contribution in [3.8, 4) is 0 Å². The highest BCUT2D eigenvalue weighted by Gasteiger charge is 2.05. The monoisotopic (exact) mass is 181 g/mol. The zero-order chi connectivity index (χ0) is 9.68. The van der Waals surface area contributed by atoms with Gasteiger partial charge in [-0.15, -0.1) is 0 Å². The summed E-state index contributed by atoms with van der Waals surface area (Å²) in [7, 11) is 0. The molecule has 0 saturated carbocycles. The summed E-state index contributed by atoms with van der Waals surface area (Å²) in [6.07, 6.45) is 0.251. The molecule has 0 saturated heterocycles. The smallest absolute Gasteiger partial charge is 0.310 e. The van der Waals surface area contributed by atoms with E-state index in [0.717, 1.165) is 5.56 Å². The number of esters is 1. The number of benzene rings is 1. The minimum Gasteiger partial charge on any atom is -0.466 e. The van der Waals surface area contributed by atoms with Gasteiger partial charge >= 0.3 is 5.97 Å². The van der Waals surface area contributed by atoms with Crippen LogP contribution in [0.1, 0.15) is 12.5 Å². The molecule has 0 radical (unpaired) electrons. The molecular formula is C10H13NO2. The Hall–Kier alpha value is -1.51. The molecule has 13 heavy (non-hydrogen) atoms. The number of anilines is 1. The first-order valence-electron chi connectivity index (χ1n) is 4.23. The number of carbonyl (C=O) groups excluding carboxylic acids is 1. The van der Waals surface area contributed by atoms with Crippen molar-refractivity contribution in [1.29, 1.82) is 0 Å². The third-order valence-corrected chi connectivity index (χ3v) is 1.70. The van der Waals surface area contributed by atoms with Crippen LogP contribution in [-0.4, -0.2) is 12.6 Å². The molecule has 0 fully saturated rings. The molecule has 1 aromatic carbocycles. The van der Waals surface area contributed by atoms with Crippen LogP contribution >= 0.6 is 0 Å². The minimum absolute atomic E-state index is 0.236. The third-order valence-electron chi connectivity index (χ3n) is 1.70. The van der Waals surface area contributed by atoms with Gasteiger partial charge in [-0.1, -0.05) is 18.2 Å². The van der Waals surface area contributed by atoms with Gasteiger partial charge in [0.25, 0.3) is 0 Å². The Bertz CT molecular complexity index is 297. The van der Waals surface area contributed by atoms with Gasteiger partial charge in [0.05, 0.1) is 13.0 Å². The van der Waals surface area contributed by atoms with Crippen molar-refractivity contribution in [3.63, 3.8) is 0 Å². The molecule has 1 aromatic rings. The van der Waals surface area contributed by atoms with E-state index in [2.05, 4.69) is 0 Å². The first kappa shape index (κ1) is 9.58. The number of hydrogen-bond donors (Lipinski definition) is 1. The summed E-state index contributed by atoms with van der Waals surface area (Å²) in [5, 5.41) is 0. The van der Waals surface area contributed by atoms with Gasteiger partial charge in [-0.25, -0.2) is 0 Å². The zero-order valence-electron chi connectivity index (χ0n) is 7.62. The summed E-state index contributed by atoms with van der Waals surface area (Å²) in [5.74, 6) is -0.236. The van der Waals surface area contributed by atoms with E-state index in [9.17, 15) is 4.79 Å². The van der Waals surface area contributed by atoms with E-state index in [0.29, 0.717) is 12.3 Å². The fourth-order valence-corrected chi connectivity index (χ4v) is 1.06. The fourth-order valence-electron chi connectivity index (χ4n) is 1.06. The number of rotatable bonds is 3. The molecule has 0 amide bonds. The van der Waals surface area contributed by atoms with Crippen LogP contribution < -0.4 is 5.73 Å². The highest BCUT2D eigenvalue weighted by Crippen LogP contribution is 2.11. The van der Waals surface area contributed by atoms with Crippen LogP contribution in [-0.2, 0) is 16.0 Å². The Balaban J connectivity index is 2.63. The highest BCUT2D eigenvalue weighted by atomic mass is 16.8. The fraction of sp³-hybridized carbons (Fsp3) is 0.300. The minimum atomic E-state index is -0.236. The van der Waals surface area contributed by atoms with Gasteiger partial charge in [0.15, 0.2) is 0 Å². The summed E-state index contributed by atoms with van der Waals surface area (Å²) in [6.45, 7) is 2.19. The van der Waals surface area contributed by atoms with Crippen LogP contribution in [0.5, 0.6) is 0 Å². The second-order valence-corrected chi connectivity index (χ2v) is 2.68. The second kappa shape index (κ2) is 4.50. The van der Waals surface area contributed by atoms with Gasteiger partial charge in [-0.2, -0.15) is 0 Å². The van der Waals surface area contributed by atoms with Crippen LogP contribution in [0.3, 0.4) is 0 Å².